The van der Waals surface area contributed by atoms with Gasteiger partial charge in [-0.05, 0) is 43.2 Å². The second-order valence-corrected chi connectivity index (χ2v) is 4.48. The Morgan fingerprint density at radius 2 is 2.05 bits per heavy atom. The fraction of sp³-hybridized carbons (Fsp3) is 0.312. The second-order valence-electron chi connectivity index (χ2n) is 4.48. The molecule has 4 nitrogen and oxygen atoms in total. The number of aromatic nitrogens is 1. The highest BCUT2D eigenvalue weighted by Crippen LogP contribution is 2.29. The Morgan fingerprint density at radius 1 is 1.20 bits per heavy atom. The highest BCUT2D eigenvalue weighted by Gasteiger charge is 2.11. The molecular weight excluding hydrogens is 252 g/mol. The van der Waals surface area contributed by atoms with Crippen molar-refractivity contribution < 1.29 is 9.47 Å². The van der Waals surface area contributed by atoms with Gasteiger partial charge >= 0.3 is 0 Å². The largest absolute Gasteiger partial charge is 0.493 e. The first kappa shape index (κ1) is 14.3. The number of methoxy groups -OCH3 is 1. The molecule has 20 heavy (non-hydrogen) atoms. The predicted molar refractivity (Wildman–Crippen MR) is 79.0 cm³/mol. The molecule has 1 unspecified atom stereocenters. The molecule has 0 saturated heterocycles. The van der Waals surface area contributed by atoms with Gasteiger partial charge in [-0.25, -0.2) is 0 Å². The van der Waals surface area contributed by atoms with Crippen LogP contribution in [0.3, 0.4) is 0 Å². The van der Waals surface area contributed by atoms with E-state index < -0.39 is 0 Å². The Hall–Kier alpha value is -2.07. The molecule has 106 valence electrons. The van der Waals surface area contributed by atoms with Crippen molar-refractivity contribution in [3.63, 3.8) is 0 Å². The van der Waals surface area contributed by atoms with Gasteiger partial charge in [0.15, 0.2) is 11.5 Å². The van der Waals surface area contributed by atoms with E-state index in [4.69, 9.17) is 15.2 Å². The van der Waals surface area contributed by atoms with Crippen LogP contribution < -0.4 is 15.2 Å². The van der Waals surface area contributed by atoms with Crippen LogP contribution in [0.5, 0.6) is 11.5 Å². The van der Waals surface area contributed by atoms with E-state index in [2.05, 4.69) is 4.98 Å². The molecule has 0 radical (unpaired) electrons. The molecule has 1 aromatic carbocycles. The first-order valence-corrected chi connectivity index (χ1v) is 6.70. The maximum atomic E-state index is 6.18. The molecule has 1 heterocycles. The molecule has 0 aliphatic heterocycles. The monoisotopic (exact) mass is 272 g/mol. The van der Waals surface area contributed by atoms with Gasteiger partial charge in [0.05, 0.1) is 25.5 Å². The average molecular weight is 272 g/mol. The van der Waals surface area contributed by atoms with Crippen LogP contribution in [0.25, 0.3) is 0 Å². The number of rotatable bonds is 6. The smallest absolute Gasteiger partial charge is 0.161 e. The van der Waals surface area contributed by atoms with Gasteiger partial charge in [-0.1, -0.05) is 12.1 Å². The van der Waals surface area contributed by atoms with E-state index in [1.54, 1.807) is 13.3 Å². The summed E-state index contributed by atoms with van der Waals surface area (Å²) in [5.41, 5.74) is 8.17. The van der Waals surface area contributed by atoms with E-state index in [0.29, 0.717) is 13.0 Å². The van der Waals surface area contributed by atoms with E-state index in [-0.39, 0.29) is 6.04 Å². The highest BCUT2D eigenvalue weighted by molar-refractivity contribution is 5.43. The highest BCUT2D eigenvalue weighted by atomic mass is 16.5. The van der Waals surface area contributed by atoms with Crippen LogP contribution in [0.2, 0.25) is 0 Å². The molecule has 0 spiro atoms. The molecule has 1 aromatic heterocycles. The van der Waals surface area contributed by atoms with Crippen LogP contribution in [0.4, 0.5) is 0 Å². The molecule has 0 bridgehead atoms. The molecule has 2 N–H and O–H groups in total. The molecule has 2 rings (SSSR count). The second kappa shape index (κ2) is 6.91. The van der Waals surface area contributed by atoms with Crippen molar-refractivity contribution in [3.8, 4) is 11.5 Å². The fourth-order valence-electron chi connectivity index (χ4n) is 2.07. The van der Waals surface area contributed by atoms with Crippen LogP contribution in [-0.2, 0) is 6.42 Å². The summed E-state index contributed by atoms with van der Waals surface area (Å²) in [6, 6.07) is 11.5. The third-order valence-corrected chi connectivity index (χ3v) is 3.05. The van der Waals surface area contributed by atoms with Crippen LogP contribution in [0.1, 0.15) is 24.2 Å². The third-order valence-electron chi connectivity index (χ3n) is 3.05. The molecular formula is C16H20N2O2. The maximum absolute atomic E-state index is 6.18. The lowest BCUT2D eigenvalue weighted by molar-refractivity contribution is 0.310. The molecule has 1 atom stereocenters. The lowest BCUT2D eigenvalue weighted by Gasteiger charge is -2.14. The summed E-state index contributed by atoms with van der Waals surface area (Å²) in [7, 11) is 1.64. The first-order valence-electron chi connectivity index (χ1n) is 6.70. The van der Waals surface area contributed by atoms with Crippen LogP contribution >= 0.6 is 0 Å². The topological polar surface area (TPSA) is 57.4 Å². The minimum atomic E-state index is -0.126. The molecule has 0 aliphatic rings. The van der Waals surface area contributed by atoms with E-state index in [1.807, 2.05) is 43.3 Å². The summed E-state index contributed by atoms with van der Waals surface area (Å²) in [5, 5.41) is 0. The Bertz CT molecular complexity index is 543. The number of pyridine rings is 1. The number of nitrogens with zero attached hydrogens (tertiary/aromatic N) is 1. The lowest BCUT2D eigenvalue weighted by Crippen LogP contribution is -2.14. The fourth-order valence-corrected chi connectivity index (χ4v) is 2.07. The minimum Gasteiger partial charge on any atom is -0.493 e. The zero-order valence-corrected chi connectivity index (χ0v) is 11.9. The van der Waals surface area contributed by atoms with Crippen LogP contribution in [0.15, 0.2) is 42.6 Å². The molecule has 0 aliphatic carbocycles. The van der Waals surface area contributed by atoms with Gasteiger partial charge in [-0.15, -0.1) is 0 Å². The zero-order chi connectivity index (χ0) is 14.4. The van der Waals surface area contributed by atoms with Crippen LogP contribution in [-0.4, -0.2) is 18.7 Å². The standard InChI is InChI=1S/C16H20N2O2/c1-3-20-15-8-7-12(11-16(15)19-2)10-13(17)14-6-4-5-9-18-14/h4-9,11,13H,3,10,17H2,1-2H3. The molecule has 4 heteroatoms. The zero-order valence-electron chi connectivity index (χ0n) is 11.9. The molecule has 2 aromatic rings. The number of ether oxygens (including phenoxy) is 2. The quantitative estimate of drug-likeness (QED) is 0.878. The average Bonchev–Trinajstić information content (AvgIpc) is 2.50. The summed E-state index contributed by atoms with van der Waals surface area (Å²) >= 11 is 0. The van der Waals surface area contributed by atoms with Gasteiger partial charge in [-0.2, -0.15) is 0 Å². The van der Waals surface area contributed by atoms with Crippen molar-refractivity contribution in [3.05, 3.63) is 53.9 Å². The predicted octanol–water partition coefficient (Wildman–Crippen LogP) is 2.73. The Kier molecular flexibility index (Phi) is 4.96. The van der Waals surface area contributed by atoms with Gasteiger partial charge in [-0.3, -0.25) is 4.98 Å². The van der Waals surface area contributed by atoms with Gasteiger partial charge in [0.25, 0.3) is 0 Å². The van der Waals surface area contributed by atoms with E-state index in [9.17, 15) is 0 Å². The van der Waals surface area contributed by atoms with E-state index in [1.165, 1.54) is 0 Å². The Morgan fingerprint density at radius 3 is 2.70 bits per heavy atom. The van der Waals surface area contributed by atoms with Crippen molar-refractivity contribution in [2.45, 2.75) is 19.4 Å². The third kappa shape index (κ3) is 3.48. The van der Waals surface area contributed by atoms with Crippen LogP contribution in [0, 0.1) is 0 Å². The van der Waals surface area contributed by atoms with Gasteiger partial charge < -0.3 is 15.2 Å². The van der Waals surface area contributed by atoms with Gasteiger partial charge in [0.1, 0.15) is 0 Å². The summed E-state index contributed by atoms with van der Waals surface area (Å²) < 4.78 is 10.8. The Labute approximate surface area is 119 Å². The lowest BCUT2D eigenvalue weighted by atomic mass is 10.0. The molecule has 0 saturated carbocycles. The summed E-state index contributed by atoms with van der Waals surface area (Å²) in [4.78, 5) is 4.28. The minimum absolute atomic E-state index is 0.126. The summed E-state index contributed by atoms with van der Waals surface area (Å²) in [5.74, 6) is 1.49. The normalized spacial score (nSPS) is 11.9. The van der Waals surface area contributed by atoms with Crippen molar-refractivity contribution in [1.82, 2.24) is 4.98 Å². The van der Waals surface area contributed by atoms with Crippen molar-refractivity contribution in [2.24, 2.45) is 5.73 Å². The maximum Gasteiger partial charge on any atom is 0.161 e. The van der Waals surface area contributed by atoms with Crippen molar-refractivity contribution in [2.75, 3.05) is 13.7 Å². The summed E-state index contributed by atoms with van der Waals surface area (Å²) in [6.45, 7) is 2.56. The number of benzene rings is 1. The number of nitrogens with two attached hydrogens (primary N) is 1. The van der Waals surface area contributed by atoms with E-state index >= 15 is 0 Å². The number of hydrogen-bond donors (Lipinski definition) is 1. The van der Waals surface area contributed by atoms with Gasteiger partial charge in [0.2, 0.25) is 0 Å². The molecule has 0 fully saturated rings. The van der Waals surface area contributed by atoms with Crippen molar-refractivity contribution in [1.29, 1.82) is 0 Å². The number of hydrogen-bond acceptors (Lipinski definition) is 4. The van der Waals surface area contributed by atoms with Gasteiger partial charge in [0, 0.05) is 6.20 Å². The van der Waals surface area contributed by atoms with E-state index in [0.717, 1.165) is 22.8 Å². The first-order chi connectivity index (χ1) is 9.74. The SMILES string of the molecule is CCOc1ccc(CC(N)c2ccccn2)cc1OC. The molecule has 0 amide bonds. The van der Waals surface area contributed by atoms with Crippen molar-refractivity contribution >= 4 is 0 Å². The Balaban J connectivity index is 2.13. The summed E-state index contributed by atoms with van der Waals surface area (Å²) in [6.07, 6.45) is 2.47.